The van der Waals surface area contributed by atoms with Gasteiger partial charge in [0.1, 0.15) is 12.6 Å². The van der Waals surface area contributed by atoms with Crippen LogP contribution in [0.15, 0.2) is 43.0 Å². The average molecular weight is 388 g/mol. The van der Waals surface area contributed by atoms with Crippen LogP contribution in [0.2, 0.25) is 0 Å². The first-order chi connectivity index (χ1) is 13.5. The van der Waals surface area contributed by atoms with Gasteiger partial charge in [-0.05, 0) is 12.5 Å². The molecule has 8 heteroatoms. The first-order valence-corrected chi connectivity index (χ1v) is 9.40. The normalized spacial score (nSPS) is 16.9. The lowest BCUT2D eigenvalue weighted by Gasteiger charge is -2.40. The van der Waals surface area contributed by atoms with Gasteiger partial charge in [0.2, 0.25) is 5.91 Å². The van der Waals surface area contributed by atoms with Gasteiger partial charge >= 0.3 is 12.0 Å². The van der Waals surface area contributed by atoms with Gasteiger partial charge in [-0.25, -0.2) is 4.79 Å². The van der Waals surface area contributed by atoms with E-state index in [0.717, 1.165) is 5.56 Å². The van der Waals surface area contributed by atoms with Gasteiger partial charge in [-0.1, -0.05) is 36.4 Å². The molecule has 28 heavy (non-hydrogen) atoms. The van der Waals surface area contributed by atoms with Crippen LogP contribution in [-0.2, 0) is 20.9 Å². The molecule has 1 unspecified atom stereocenters. The number of nitrogens with zero attached hydrogens (tertiary/aromatic N) is 2. The number of urea groups is 1. The molecule has 1 fully saturated rings. The van der Waals surface area contributed by atoms with Gasteiger partial charge in [0.15, 0.2) is 0 Å². The van der Waals surface area contributed by atoms with Crippen molar-refractivity contribution in [1.29, 1.82) is 0 Å². The Balaban J connectivity index is 2.00. The highest BCUT2D eigenvalue weighted by Gasteiger charge is 2.35. The lowest BCUT2D eigenvalue weighted by molar-refractivity contribution is -0.141. The Bertz CT molecular complexity index is 680. The molecule has 1 heterocycles. The fourth-order valence-electron chi connectivity index (χ4n) is 3.02. The average Bonchev–Trinajstić information content (AvgIpc) is 2.71. The molecule has 8 nitrogen and oxygen atoms in total. The van der Waals surface area contributed by atoms with Crippen molar-refractivity contribution in [1.82, 2.24) is 20.4 Å². The van der Waals surface area contributed by atoms with E-state index in [1.165, 1.54) is 4.90 Å². The Morgan fingerprint density at radius 2 is 1.96 bits per heavy atom. The third-order valence-electron chi connectivity index (χ3n) is 4.41. The van der Waals surface area contributed by atoms with Crippen LogP contribution in [0.25, 0.3) is 0 Å². The SMILES string of the molecule is C=CCN1CCN(C(=O)NCC(=O)OCC)C(C(=O)NCc2ccccc2)C1. The lowest BCUT2D eigenvalue weighted by atomic mass is 10.1. The standard InChI is InChI=1S/C20H28N4O4/c1-3-10-23-11-12-24(20(27)22-14-18(25)28-4-2)17(15-23)19(26)21-13-16-8-6-5-7-9-16/h3,5-9,17H,1,4,10-15H2,2H3,(H,21,26)(H,22,27). The first-order valence-electron chi connectivity index (χ1n) is 9.40. The van der Waals surface area contributed by atoms with Gasteiger partial charge in [0.05, 0.1) is 6.61 Å². The highest BCUT2D eigenvalue weighted by atomic mass is 16.5. The minimum Gasteiger partial charge on any atom is -0.465 e. The molecule has 2 rings (SSSR count). The predicted molar refractivity (Wildman–Crippen MR) is 105 cm³/mol. The Kier molecular flexibility index (Phi) is 8.48. The summed E-state index contributed by atoms with van der Waals surface area (Å²) in [7, 11) is 0. The van der Waals surface area contributed by atoms with Crippen LogP contribution in [0.3, 0.4) is 0 Å². The summed E-state index contributed by atoms with van der Waals surface area (Å²) in [5.41, 5.74) is 0.980. The number of ether oxygens (including phenoxy) is 1. The van der Waals surface area contributed by atoms with E-state index >= 15 is 0 Å². The maximum Gasteiger partial charge on any atom is 0.325 e. The highest BCUT2D eigenvalue weighted by molar-refractivity contribution is 5.88. The fourth-order valence-corrected chi connectivity index (χ4v) is 3.02. The minimum atomic E-state index is -0.653. The number of piperazine rings is 1. The molecule has 0 bridgehead atoms. The van der Waals surface area contributed by atoms with Crippen molar-refractivity contribution in [3.05, 3.63) is 48.6 Å². The summed E-state index contributed by atoms with van der Waals surface area (Å²) < 4.78 is 4.82. The number of rotatable bonds is 8. The molecule has 0 aromatic heterocycles. The van der Waals surface area contributed by atoms with Crippen LogP contribution in [0.4, 0.5) is 4.79 Å². The van der Waals surface area contributed by atoms with E-state index in [0.29, 0.717) is 32.7 Å². The van der Waals surface area contributed by atoms with Crippen molar-refractivity contribution < 1.29 is 19.1 Å². The molecular formula is C20H28N4O4. The van der Waals surface area contributed by atoms with E-state index in [-0.39, 0.29) is 19.1 Å². The van der Waals surface area contributed by atoms with E-state index in [2.05, 4.69) is 22.1 Å². The van der Waals surface area contributed by atoms with Gasteiger partial charge in [-0.2, -0.15) is 0 Å². The van der Waals surface area contributed by atoms with E-state index in [4.69, 9.17) is 4.74 Å². The van der Waals surface area contributed by atoms with Crippen LogP contribution in [0.1, 0.15) is 12.5 Å². The molecule has 1 saturated heterocycles. The van der Waals surface area contributed by atoms with Gasteiger partial charge in [-0.15, -0.1) is 6.58 Å². The first kappa shape index (κ1) is 21.4. The molecule has 0 aliphatic carbocycles. The number of esters is 1. The topological polar surface area (TPSA) is 91.0 Å². The van der Waals surface area contributed by atoms with E-state index in [1.54, 1.807) is 13.0 Å². The van der Waals surface area contributed by atoms with Crippen LogP contribution < -0.4 is 10.6 Å². The third kappa shape index (κ3) is 6.38. The summed E-state index contributed by atoms with van der Waals surface area (Å²) in [6, 6.07) is 8.47. The smallest absolute Gasteiger partial charge is 0.325 e. The maximum atomic E-state index is 12.8. The summed E-state index contributed by atoms with van der Waals surface area (Å²) in [6.45, 7) is 7.89. The zero-order valence-corrected chi connectivity index (χ0v) is 16.2. The van der Waals surface area contributed by atoms with Crippen molar-refractivity contribution in [3.63, 3.8) is 0 Å². The number of hydrogen-bond acceptors (Lipinski definition) is 5. The number of carbonyl (C=O) groups is 3. The fraction of sp³-hybridized carbons (Fsp3) is 0.450. The largest absolute Gasteiger partial charge is 0.465 e. The quantitative estimate of drug-likeness (QED) is 0.507. The Morgan fingerprint density at radius 3 is 2.64 bits per heavy atom. The summed E-state index contributed by atoms with van der Waals surface area (Å²) >= 11 is 0. The number of benzene rings is 1. The molecule has 0 spiro atoms. The summed E-state index contributed by atoms with van der Waals surface area (Å²) in [5, 5.41) is 5.43. The molecule has 0 saturated carbocycles. The maximum absolute atomic E-state index is 12.8. The molecule has 152 valence electrons. The Hall–Kier alpha value is -2.87. The molecule has 3 amide bonds. The van der Waals surface area contributed by atoms with Crippen molar-refractivity contribution in [2.24, 2.45) is 0 Å². The molecule has 1 aromatic rings. The van der Waals surface area contributed by atoms with Crippen LogP contribution in [-0.4, -0.2) is 73.1 Å². The van der Waals surface area contributed by atoms with Crippen LogP contribution in [0.5, 0.6) is 0 Å². The van der Waals surface area contributed by atoms with Crippen molar-refractivity contribution in [3.8, 4) is 0 Å². The zero-order valence-electron chi connectivity index (χ0n) is 16.2. The van der Waals surface area contributed by atoms with E-state index in [1.807, 2.05) is 30.3 Å². The van der Waals surface area contributed by atoms with E-state index < -0.39 is 18.0 Å². The predicted octanol–water partition coefficient (Wildman–Crippen LogP) is 0.748. The van der Waals surface area contributed by atoms with Crippen molar-refractivity contribution >= 4 is 17.9 Å². The van der Waals surface area contributed by atoms with Gasteiger partial charge in [-0.3, -0.25) is 14.5 Å². The van der Waals surface area contributed by atoms with Crippen molar-refractivity contribution in [2.75, 3.05) is 39.3 Å². The number of hydrogen-bond donors (Lipinski definition) is 2. The number of amides is 3. The molecule has 1 aliphatic heterocycles. The summed E-state index contributed by atoms with van der Waals surface area (Å²) in [6.07, 6.45) is 1.77. The van der Waals surface area contributed by atoms with Gasteiger partial charge < -0.3 is 20.3 Å². The molecule has 2 N–H and O–H groups in total. The van der Waals surface area contributed by atoms with Gasteiger partial charge in [0, 0.05) is 32.7 Å². The molecule has 1 aromatic carbocycles. The van der Waals surface area contributed by atoms with E-state index in [9.17, 15) is 14.4 Å². The number of nitrogens with one attached hydrogen (secondary N) is 2. The summed E-state index contributed by atoms with van der Waals surface area (Å²) in [5.74, 6) is -0.741. The molecule has 1 atom stereocenters. The zero-order chi connectivity index (χ0) is 20.4. The third-order valence-corrected chi connectivity index (χ3v) is 4.41. The highest BCUT2D eigenvalue weighted by Crippen LogP contribution is 2.11. The number of carbonyl (C=O) groups excluding carboxylic acids is 3. The van der Waals surface area contributed by atoms with Crippen LogP contribution >= 0.6 is 0 Å². The molecule has 1 aliphatic rings. The second-order valence-electron chi connectivity index (χ2n) is 6.42. The Morgan fingerprint density at radius 1 is 1.21 bits per heavy atom. The Labute approximate surface area is 165 Å². The minimum absolute atomic E-state index is 0.224. The van der Waals surface area contributed by atoms with Crippen LogP contribution in [0, 0.1) is 0 Å². The van der Waals surface area contributed by atoms with Crippen molar-refractivity contribution in [2.45, 2.75) is 19.5 Å². The molecule has 0 radical (unpaired) electrons. The molecular weight excluding hydrogens is 360 g/mol. The second kappa shape index (κ2) is 11.1. The van der Waals surface area contributed by atoms with Gasteiger partial charge in [0.25, 0.3) is 0 Å². The monoisotopic (exact) mass is 388 g/mol. The lowest BCUT2D eigenvalue weighted by Crippen LogP contribution is -2.62. The summed E-state index contributed by atoms with van der Waals surface area (Å²) in [4.78, 5) is 40.4. The second-order valence-corrected chi connectivity index (χ2v) is 6.42.